The molecule has 206 valence electrons. The Morgan fingerprint density at radius 2 is 1.66 bits per heavy atom. The highest BCUT2D eigenvalue weighted by atomic mass is 35.5. The van der Waals surface area contributed by atoms with Crippen molar-refractivity contribution in [3.05, 3.63) is 40.9 Å². The highest BCUT2D eigenvalue weighted by molar-refractivity contribution is 7.80. The number of nitrogens with one attached hydrogen (secondary N) is 2. The van der Waals surface area contributed by atoms with E-state index in [-0.39, 0.29) is 5.41 Å². The lowest BCUT2D eigenvalue weighted by molar-refractivity contribution is 0.0515. The molecule has 0 aliphatic carbocycles. The molecule has 3 aliphatic rings. The van der Waals surface area contributed by atoms with Crippen LogP contribution in [0.25, 0.3) is 0 Å². The van der Waals surface area contributed by atoms with Gasteiger partial charge in [-0.25, -0.2) is 0 Å². The molecule has 4 heterocycles. The molecule has 2 aromatic rings. The molecule has 0 radical (unpaired) electrons. The molecule has 3 fully saturated rings. The van der Waals surface area contributed by atoms with Crippen molar-refractivity contribution in [3.63, 3.8) is 0 Å². The fourth-order valence-electron chi connectivity index (χ4n) is 5.88. The number of halogens is 1. The number of piperidine rings is 1. The molecule has 0 atom stereocenters. The van der Waals surface area contributed by atoms with Gasteiger partial charge in [0, 0.05) is 62.4 Å². The van der Waals surface area contributed by atoms with E-state index >= 15 is 0 Å². The third kappa shape index (κ3) is 6.88. The van der Waals surface area contributed by atoms with Crippen LogP contribution in [0.3, 0.4) is 0 Å². The highest BCUT2D eigenvalue weighted by Gasteiger charge is 2.35. The first-order valence-electron chi connectivity index (χ1n) is 14.3. The Morgan fingerprint density at radius 3 is 2.32 bits per heavy atom. The summed E-state index contributed by atoms with van der Waals surface area (Å²) in [6, 6.07) is 10.4. The quantitative estimate of drug-likeness (QED) is 0.434. The number of benzene rings is 1. The van der Waals surface area contributed by atoms with Crippen molar-refractivity contribution in [1.29, 1.82) is 0 Å². The van der Waals surface area contributed by atoms with E-state index < -0.39 is 0 Å². The Balaban J connectivity index is 1.32. The molecule has 0 spiro atoms. The predicted molar refractivity (Wildman–Crippen MR) is 161 cm³/mol. The Bertz CT molecular complexity index is 1080. The SMILES string of the molecule is CC1CCN(c2cc(N3CCCCCC3)nc(NC(=S)NCC3(c4cccc(Cl)c4)CCOCC3)n2)CC1. The molecule has 38 heavy (non-hydrogen) atoms. The Hall–Kier alpha value is -2.16. The van der Waals surface area contributed by atoms with Crippen LogP contribution in [0.4, 0.5) is 17.6 Å². The van der Waals surface area contributed by atoms with Crippen molar-refractivity contribution in [3.8, 4) is 0 Å². The van der Waals surface area contributed by atoms with Gasteiger partial charge in [0.2, 0.25) is 5.95 Å². The first-order valence-corrected chi connectivity index (χ1v) is 15.1. The lowest BCUT2D eigenvalue weighted by Gasteiger charge is -2.38. The molecule has 0 bridgehead atoms. The molecule has 9 heteroatoms. The van der Waals surface area contributed by atoms with Crippen LogP contribution in [0.1, 0.15) is 63.9 Å². The maximum absolute atomic E-state index is 6.36. The minimum absolute atomic E-state index is 0.0840. The largest absolute Gasteiger partial charge is 0.381 e. The summed E-state index contributed by atoms with van der Waals surface area (Å²) in [6.07, 6.45) is 9.22. The molecule has 5 rings (SSSR count). The van der Waals surface area contributed by atoms with Gasteiger partial charge in [-0.1, -0.05) is 43.5 Å². The van der Waals surface area contributed by atoms with E-state index in [0.717, 1.165) is 74.8 Å². The first kappa shape index (κ1) is 27.4. The fourth-order valence-corrected chi connectivity index (χ4v) is 6.24. The van der Waals surface area contributed by atoms with E-state index in [1.165, 1.54) is 44.1 Å². The van der Waals surface area contributed by atoms with E-state index in [2.05, 4.69) is 45.6 Å². The Kier molecular flexibility index (Phi) is 9.23. The summed E-state index contributed by atoms with van der Waals surface area (Å²) in [7, 11) is 0. The summed E-state index contributed by atoms with van der Waals surface area (Å²) in [6.45, 7) is 8.64. The molecular weight excluding hydrogens is 516 g/mol. The Morgan fingerprint density at radius 1 is 1.00 bits per heavy atom. The zero-order valence-electron chi connectivity index (χ0n) is 22.6. The van der Waals surface area contributed by atoms with Gasteiger partial charge in [-0.05, 0) is 74.4 Å². The second-order valence-electron chi connectivity index (χ2n) is 11.2. The molecule has 1 aromatic heterocycles. The van der Waals surface area contributed by atoms with Crippen molar-refractivity contribution >= 4 is 46.5 Å². The maximum Gasteiger partial charge on any atom is 0.232 e. The van der Waals surface area contributed by atoms with Gasteiger partial charge < -0.3 is 25.2 Å². The highest BCUT2D eigenvalue weighted by Crippen LogP contribution is 2.35. The molecular formula is C29H41ClN6OS. The molecule has 1 aromatic carbocycles. The lowest BCUT2D eigenvalue weighted by atomic mass is 9.74. The zero-order valence-corrected chi connectivity index (χ0v) is 24.1. The first-order chi connectivity index (χ1) is 18.5. The number of hydrogen-bond donors (Lipinski definition) is 2. The van der Waals surface area contributed by atoms with Gasteiger partial charge in [0.05, 0.1) is 0 Å². The van der Waals surface area contributed by atoms with Crippen LogP contribution in [0, 0.1) is 5.92 Å². The second kappa shape index (κ2) is 12.8. The summed E-state index contributed by atoms with van der Waals surface area (Å²) in [5.74, 6) is 3.34. The molecule has 3 saturated heterocycles. The topological polar surface area (TPSA) is 65.5 Å². The maximum atomic E-state index is 6.36. The molecule has 0 amide bonds. The van der Waals surface area contributed by atoms with Gasteiger partial charge in [0.15, 0.2) is 5.11 Å². The summed E-state index contributed by atoms with van der Waals surface area (Å²) in [5, 5.41) is 8.12. The van der Waals surface area contributed by atoms with E-state index in [1.807, 2.05) is 12.1 Å². The number of hydrogen-bond acceptors (Lipinski definition) is 6. The van der Waals surface area contributed by atoms with Gasteiger partial charge in [0.1, 0.15) is 11.6 Å². The molecule has 0 unspecified atom stereocenters. The summed E-state index contributed by atoms with van der Waals surface area (Å²) >= 11 is 12.1. The predicted octanol–water partition coefficient (Wildman–Crippen LogP) is 5.78. The zero-order chi connectivity index (χ0) is 26.4. The Labute approximate surface area is 237 Å². The third-order valence-electron chi connectivity index (χ3n) is 8.44. The normalized spacial score (nSPS) is 20.6. The van der Waals surface area contributed by atoms with Crippen LogP contribution in [0.2, 0.25) is 5.02 Å². The molecule has 0 saturated carbocycles. The average molecular weight is 557 g/mol. The average Bonchev–Trinajstić information content (AvgIpc) is 3.23. The van der Waals surface area contributed by atoms with E-state index in [0.29, 0.717) is 17.6 Å². The van der Waals surface area contributed by atoms with Crippen LogP contribution in [0.5, 0.6) is 0 Å². The molecule has 2 N–H and O–H groups in total. The van der Waals surface area contributed by atoms with Gasteiger partial charge in [0.25, 0.3) is 0 Å². The van der Waals surface area contributed by atoms with Crippen molar-refractivity contribution in [2.24, 2.45) is 5.92 Å². The van der Waals surface area contributed by atoms with Crippen LogP contribution >= 0.6 is 23.8 Å². The van der Waals surface area contributed by atoms with Crippen LogP contribution < -0.4 is 20.4 Å². The van der Waals surface area contributed by atoms with Crippen molar-refractivity contribution in [1.82, 2.24) is 15.3 Å². The number of thiocarbonyl (C=S) groups is 1. The van der Waals surface area contributed by atoms with Crippen LogP contribution in [-0.4, -0.2) is 61.0 Å². The molecule has 7 nitrogen and oxygen atoms in total. The van der Waals surface area contributed by atoms with Gasteiger partial charge in [-0.2, -0.15) is 9.97 Å². The van der Waals surface area contributed by atoms with E-state index in [4.69, 9.17) is 38.5 Å². The van der Waals surface area contributed by atoms with Crippen molar-refractivity contribution < 1.29 is 4.74 Å². The minimum atomic E-state index is -0.0840. The smallest absolute Gasteiger partial charge is 0.232 e. The summed E-state index contributed by atoms with van der Waals surface area (Å²) in [4.78, 5) is 14.7. The standard InChI is InChI=1S/C29H41ClN6OS/c1-22-9-15-36(16-10-22)26-20-25(35-13-4-2-3-5-14-35)32-27(33-26)34-28(38)31-21-29(11-17-37-18-12-29)23-7-6-8-24(30)19-23/h6-8,19-20,22H,2-5,9-18,21H2,1H3,(H2,31,32,33,34,38). The summed E-state index contributed by atoms with van der Waals surface area (Å²) < 4.78 is 5.70. The fraction of sp³-hybridized carbons (Fsp3) is 0.621. The summed E-state index contributed by atoms with van der Waals surface area (Å²) in [5.41, 5.74) is 1.14. The monoisotopic (exact) mass is 556 g/mol. The van der Waals surface area contributed by atoms with E-state index in [1.54, 1.807) is 0 Å². The van der Waals surface area contributed by atoms with Gasteiger partial charge in [-0.15, -0.1) is 0 Å². The second-order valence-corrected chi connectivity index (χ2v) is 12.0. The minimum Gasteiger partial charge on any atom is -0.381 e. The van der Waals surface area contributed by atoms with Crippen molar-refractivity contribution in [2.45, 2.75) is 63.7 Å². The number of ether oxygens (including phenoxy) is 1. The number of anilines is 3. The van der Waals surface area contributed by atoms with Gasteiger partial charge in [-0.3, -0.25) is 0 Å². The third-order valence-corrected chi connectivity index (χ3v) is 8.92. The molecule has 3 aliphatic heterocycles. The van der Waals surface area contributed by atoms with Crippen LogP contribution in [0.15, 0.2) is 30.3 Å². The van der Waals surface area contributed by atoms with E-state index in [9.17, 15) is 0 Å². The van der Waals surface area contributed by atoms with Crippen LogP contribution in [-0.2, 0) is 10.2 Å². The van der Waals surface area contributed by atoms with Crippen molar-refractivity contribution in [2.75, 3.05) is 61.1 Å². The number of rotatable bonds is 6. The van der Waals surface area contributed by atoms with Gasteiger partial charge >= 0.3 is 0 Å². The number of nitrogens with zero attached hydrogens (tertiary/aromatic N) is 4. The number of aromatic nitrogens is 2. The lowest BCUT2D eigenvalue weighted by Crippen LogP contribution is -2.45.